The number of nitrogens with zero attached hydrogens (tertiary/aromatic N) is 1. The van der Waals surface area contributed by atoms with E-state index in [1.54, 1.807) is 6.92 Å². The van der Waals surface area contributed by atoms with E-state index in [9.17, 15) is 19.6 Å². The summed E-state index contributed by atoms with van der Waals surface area (Å²) >= 11 is 3.29. The fraction of sp³-hybridized carbons (Fsp3) is 0.455. The predicted octanol–water partition coefficient (Wildman–Crippen LogP) is 3.68. The molecular weight excluding hydrogens is 337 g/mol. The molecule has 0 aromatic heterocycles. The Kier molecular flexibility index (Phi) is 5.52. The number of benzene rings is 1. The van der Waals surface area contributed by atoms with E-state index in [4.69, 9.17) is 4.52 Å². The maximum atomic E-state index is 11.6. The fourth-order valence-electron chi connectivity index (χ4n) is 1.42. The molecule has 1 rings (SSSR count). The molecular formula is C11H15BrNO5P. The molecule has 0 heterocycles. The Balaban J connectivity index is 3.23. The maximum absolute atomic E-state index is 11.6. The number of halogens is 1. The van der Waals surface area contributed by atoms with E-state index in [-0.39, 0.29) is 23.5 Å². The van der Waals surface area contributed by atoms with Crippen LogP contribution in [-0.2, 0) is 4.57 Å². The molecule has 0 fully saturated rings. The molecule has 2 unspecified atom stereocenters. The van der Waals surface area contributed by atoms with Crippen LogP contribution in [0.2, 0.25) is 0 Å². The topological polar surface area (TPSA) is 89.7 Å². The van der Waals surface area contributed by atoms with E-state index in [0.29, 0.717) is 10.9 Å². The van der Waals surface area contributed by atoms with Crippen molar-refractivity contribution in [1.82, 2.24) is 0 Å². The second-order valence-electron chi connectivity index (χ2n) is 4.08. The lowest BCUT2D eigenvalue weighted by Crippen LogP contribution is -2.02. The molecule has 106 valence electrons. The number of hydrogen-bond acceptors (Lipinski definition) is 4. The zero-order valence-corrected chi connectivity index (χ0v) is 13.1. The molecule has 0 radical (unpaired) electrons. The highest BCUT2D eigenvalue weighted by Crippen LogP contribution is 2.45. The van der Waals surface area contributed by atoms with Gasteiger partial charge in [-0.3, -0.25) is 10.1 Å². The summed E-state index contributed by atoms with van der Waals surface area (Å²) in [6.07, 6.45) is -0.0217. The van der Waals surface area contributed by atoms with Gasteiger partial charge in [-0.25, -0.2) is 4.57 Å². The Morgan fingerprint density at radius 2 is 2.21 bits per heavy atom. The second kappa shape index (κ2) is 6.50. The lowest BCUT2D eigenvalue weighted by molar-refractivity contribution is -0.384. The Morgan fingerprint density at radius 1 is 1.58 bits per heavy atom. The summed E-state index contributed by atoms with van der Waals surface area (Å²) < 4.78 is 16.7. The van der Waals surface area contributed by atoms with Gasteiger partial charge < -0.3 is 9.42 Å². The van der Waals surface area contributed by atoms with Crippen molar-refractivity contribution in [2.24, 2.45) is 0 Å². The molecule has 0 aliphatic rings. The van der Waals surface area contributed by atoms with E-state index in [2.05, 4.69) is 15.9 Å². The molecule has 0 amide bonds. The number of nitro groups is 1. The third kappa shape index (κ3) is 4.30. The molecule has 0 saturated carbocycles. The lowest BCUT2D eigenvalue weighted by atomic mass is 10.0. The molecule has 8 heteroatoms. The van der Waals surface area contributed by atoms with E-state index >= 15 is 0 Å². The van der Waals surface area contributed by atoms with Crippen LogP contribution in [0.3, 0.4) is 0 Å². The Labute approximate surface area is 119 Å². The van der Waals surface area contributed by atoms with Gasteiger partial charge in [0, 0.05) is 23.0 Å². The van der Waals surface area contributed by atoms with Gasteiger partial charge in [0.25, 0.3) is 5.69 Å². The first-order valence-electron chi connectivity index (χ1n) is 5.66. The van der Waals surface area contributed by atoms with Crippen LogP contribution in [0.15, 0.2) is 18.2 Å². The maximum Gasteiger partial charge on any atom is 0.376 e. The van der Waals surface area contributed by atoms with Crippen LogP contribution in [0.4, 0.5) is 5.69 Å². The van der Waals surface area contributed by atoms with Crippen LogP contribution in [-0.4, -0.2) is 21.3 Å². The van der Waals surface area contributed by atoms with E-state index in [1.807, 2.05) is 6.92 Å². The van der Waals surface area contributed by atoms with E-state index in [1.165, 1.54) is 18.2 Å². The number of hydrogen-bond donors (Lipinski definition) is 1. The van der Waals surface area contributed by atoms with Gasteiger partial charge in [-0.15, -0.1) is 0 Å². The average molecular weight is 352 g/mol. The summed E-state index contributed by atoms with van der Waals surface area (Å²) in [4.78, 5) is 19.8. The monoisotopic (exact) mass is 351 g/mol. The van der Waals surface area contributed by atoms with Crippen LogP contribution in [0.5, 0.6) is 5.75 Å². The highest BCUT2D eigenvalue weighted by molar-refractivity contribution is 9.09. The van der Waals surface area contributed by atoms with Gasteiger partial charge in [-0.05, 0) is 12.0 Å². The van der Waals surface area contributed by atoms with Crippen molar-refractivity contribution in [2.75, 3.05) is 11.5 Å². The van der Waals surface area contributed by atoms with Gasteiger partial charge in [0.15, 0.2) is 0 Å². The number of nitro benzene ring substituents is 1. The van der Waals surface area contributed by atoms with Gasteiger partial charge in [0.05, 0.1) is 11.1 Å². The molecule has 6 nitrogen and oxygen atoms in total. The fourth-order valence-corrected chi connectivity index (χ4v) is 2.37. The molecule has 1 aromatic carbocycles. The van der Waals surface area contributed by atoms with Crippen molar-refractivity contribution in [3.8, 4) is 5.75 Å². The van der Waals surface area contributed by atoms with Crippen molar-refractivity contribution < 1.29 is 18.9 Å². The first-order valence-corrected chi connectivity index (χ1v) is 8.55. The minimum Gasteiger partial charge on any atom is -0.424 e. The van der Waals surface area contributed by atoms with Gasteiger partial charge in [-0.1, -0.05) is 29.8 Å². The average Bonchev–Trinajstić information content (AvgIpc) is 2.37. The largest absolute Gasteiger partial charge is 0.424 e. The first-order chi connectivity index (χ1) is 8.80. The third-order valence-corrected chi connectivity index (χ3v) is 4.86. The smallest absolute Gasteiger partial charge is 0.376 e. The van der Waals surface area contributed by atoms with Crippen LogP contribution >= 0.6 is 23.5 Å². The normalized spacial score (nSPS) is 15.6. The standard InChI is InChI=1S/C11H15BrNO5P/c1-3-19(16,17)18-11-5-4-9(13(14)15)6-10(11)8(2)7-12/h4-6,8H,3,7H2,1-2H3,(H,16,17). The van der Waals surface area contributed by atoms with Crippen molar-refractivity contribution in [3.63, 3.8) is 0 Å². The van der Waals surface area contributed by atoms with E-state index in [0.717, 1.165) is 0 Å². The summed E-state index contributed by atoms with van der Waals surface area (Å²) in [5.41, 5.74) is 0.466. The van der Waals surface area contributed by atoms with Crippen LogP contribution in [0.1, 0.15) is 25.3 Å². The summed E-state index contributed by atoms with van der Waals surface area (Å²) in [6, 6.07) is 4.00. The molecule has 1 N–H and O–H groups in total. The second-order valence-corrected chi connectivity index (χ2v) is 6.82. The van der Waals surface area contributed by atoms with Crippen molar-refractivity contribution >= 4 is 29.2 Å². The highest BCUT2D eigenvalue weighted by Gasteiger charge is 2.23. The van der Waals surface area contributed by atoms with Gasteiger partial charge >= 0.3 is 7.60 Å². The number of alkyl halides is 1. The third-order valence-electron chi connectivity index (χ3n) is 2.61. The molecule has 0 aliphatic heterocycles. The van der Waals surface area contributed by atoms with Crippen molar-refractivity contribution in [2.45, 2.75) is 19.8 Å². The lowest BCUT2D eigenvalue weighted by Gasteiger charge is -2.17. The SMILES string of the molecule is CCP(=O)(O)Oc1ccc([N+](=O)[O-])cc1C(C)CBr. The van der Waals surface area contributed by atoms with Crippen LogP contribution < -0.4 is 4.52 Å². The van der Waals surface area contributed by atoms with Crippen LogP contribution in [0, 0.1) is 10.1 Å². The zero-order valence-electron chi connectivity index (χ0n) is 10.6. The minimum absolute atomic E-state index is 0.0217. The summed E-state index contributed by atoms with van der Waals surface area (Å²) in [5.74, 6) is 0.136. The van der Waals surface area contributed by atoms with E-state index < -0.39 is 12.5 Å². The predicted molar refractivity (Wildman–Crippen MR) is 76.3 cm³/mol. The molecule has 0 aliphatic carbocycles. The Morgan fingerprint density at radius 3 is 2.68 bits per heavy atom. The van der Waals surface area contributed by atoms with Gasteiger partial charge in [0.1, 0.15) is 5.75 Å². The quantitative estimate of drug-likeness (QED) is 0.365. The molecule has 1 aromatic rings. The van der Waals surface area contributed by atoms with Crippen molar-refractivity contribution in [3.05, 3.63) is 33.9 Å². The molecule has 0 saturated heterocycles. The van der Waals surface area contributed by atoms with Crippen molar-refractivity contribution in [1.29, 1.82) is 0 Å². The molecule has 2 atom stereocenters. The first kappa shape index (κ1) is 16.1. The number of non-ortho nitro benzene ring substituents is 1. The minimum atomic E-state index is -3.70. The number of rotatable bonds is 6. The molecule has 19 heavy (non-hydrogen) atoms. The Hall–Kier alpha value is -0.910. The van der Waals surface area contributed by atoms with Gasteiger partial charge in [-0.2, -0.15) is 0 Å². The highest BCUT2D eigenvalue weighted by atomic mass is 79.9. The zero-order chi connectivity index (χ0) is 14.6. The molecule has 0 bridgehead atoms. The van der Waals surface area contributed by atoms with Crippen LogP contribution in [0.25, 0.3) is 0 Å². The summed E-state index contributed by atoms with van der Waals surface area (Å²) in [5, 5.41) is 11.3. The van der Waals surface area contributed by atoms with Gasteiger partial charge in [0.2, 0.25) is 0 Å². The summed E-state index contributed by atoms with van der Waals surface area (Å²) in [6.45, 7) is 3.38. The summed E-state index contributed by atoms with van der Waals surface area (Å²) in [7, 11) is -3.70. The Bertz CT molecular complexity index is 522. The molecule has 0 spiro atoms.